The molecule has 2 N–H and O–H groups in total. The number of hydrogen-bond donors (Lipinski definition) is 1. The summed E-state index contributed by atoms with van der Waals surface area (Å²) in [5.74, 6) is 0. The van der Waals surface area contributed by atoms with Crippen LogP contribution in [0.25, 0.3) is 0 Å². The van der Waals surface area contributed by atoms with E-state index in [4.69, 9.17) is 15.2 Å². The maximum absolute atomic E-state index is 12.3. The molecule has 7 heteroatoms. The smallest absolute Gasteiger partial charge is 0.410 e. The Hall–Kier alpha value is -0.890. The molecule has 2 rings (SSSR count). The Morgan fingerprint density at radius 1 is 1.25 bits per heavy atom. The standard InChI is InChI=1S/C17H34N4O3/c1-5-19-8-9-23-15(12-19)13-20-6-7-21(11-14(20)10-18)16(22)24-17(2,3)4/h14-15H,5-13,18H2,1-4H3. The van der Waals surface area contributed by atoms with E-state index in [1.807, 2.05) is 20.8 Å². The first-order chi connectivity index (χ1) is 11.3. The largest absolute Gasteiger partial charge is 0.444 e. The Morgan fingerprint density at radius 2 is 2.00 bits per heavy atom. The van der Waals surface area contributed by atoms with Crippen LogP contribution >= 0.6 is 0 Å². The number of carbonyl (C=O) groups is 1. The Kier molecular flexibility index (Phi) is 6.86. The number of piperazine rings is 1. The summed E-state index contributed by atoms with van der Waals surface area (Å²) in [5.41, 5.74) is 5.50. The van der Waals surface area contributed by atoms with Crippen LogP contribution in [0.4, 0.5) is 4.79 Å². The molecule has 2 atom stereocenters. The average Bonchev–Trinajstić information content (AvgIpc) is 2.53. The molecule has 2 aliphatic heterocycles. The van der Waals surface area contributed by atoms with E-state index >= 15 is 0 Å². The van der Waals surface area contributed by atoms with Gasteiger partial charge in [-0.3, -0.25) is 9.80 Å². The lowest BCUT2D eigenvalue weighted by Gasteiger charge is -2.43. The Balaban J connectivity index is 1.87. The second-order valence-corrected chi connectivity index (χ2v) is 7.70. The number of rotatable bonds is 4. The van der Waals surface area contributed by atoms with Crippen molar-refractivity contribution in [2.75, 3.05) is 59.0 Å². The third kappa shape index (κ3) is 5.58. The van der Waals surface area contributed by atoms with Crippen LogP contribution in [0, 0.1) is 0 Å². The fourth-order valence-electron chi connectivity index (χ4n) is 3.29. The van der Waals surface area contributed by atoms with Crippen molar-refractivity contribution in [2.24, 2.45) is 5.73 Å². The van der Waals surface area contributed by atoms with Crippen LogP contribution in [0.5, 0.6) is 0 Å². The summed E-state index contributed by atoms with van der Waals surface area (Å²) in [7, 11) is 0. The van der Waals surface area contributed by atoms with Crippen LogP contribution in [0.1, 0.15) is 27.7 Å². The molecule has 0 saturated carbocycles. The van der Waals surface area contributed by atoms with Crippen molar-refractivity contribution in [1.29, 1.82) is 0 Å². The quantitative estimate of drug-likeness (QED) is 0.806. The lowest BCUT2D eigenvalue weighted by atomic mass is 10.1. The van der Waals surface area contributed by atoms with Gasteiger partial charge in [-0.2, -0.15) is 0 Å². The zero-order valence-corrected chi connectivity index (χ0v) is 15.7. The van der Waals surface area contributed by atoms with Gasteiger partial charge in [-0.05, 0) is 27.3 Å². The third-order valence-corrected chi connectivity index (χ3v) is 4.64. The summed E-state index contributed by atoms with van der Waals surface area (Å²) in [6, 6.07) is 0.159. The Morgan fingerprint density at radius 3 is 2.62 bits per heavy atom. The second kappa shape index (κ2) is 8.47. The first kappa shape index (κ1) is 19.4. The lowest BCUT2D eigenvalue weighted by molar-refractivity contribution is -0.0565. The van der Waals surface area contributed by atoms with Crippen LogP contribution in [-0.4, -0.2) is 97.5 Å². The number of hydrogen-bond acceptors (Lipinski definition) is 6. The highest BCUT2D eigenvalue weighted by molar-refractivity contribution is 5.68. The molecule has 1 amide bonds. The molecule has 7 nitrogen and oxygen atoms in total. The maximum atomic E-state index is 12.3. The van der Waals surface area contributed by atoms with Gasteiger partial charge in [-0.1, -0.05) is 6.92 Å². The third-order valence-electron chi connectivity index (χ3n) is 4.64. The van der Waals surface area contributed by atoms with Gasteiger partial charge >= 0.3 is 6.09 Å². The van der Waals surface area contributed by atoms with Crippen molar-refractivity contribution in [3.05, 3.63) is 0 Å². The van der Waals surface area contributed by atoms with Crippen LogP contribution in [-0.2, 0) is 9.47 Å². The topological polar surface area (TPSA) is 71.3 Å². The number of nitrogens with two attached hydrogens (primary N) is 1. The molecular formula is C17H34N4O3. The van der Waals surface area contributed by atoms with Gasteiger partial charge in [0.1, 0.15) is 5.60 Å². The molecule has 24 heavy (non-hydrogen) atoms. The summed E-state index contributed by atoms with van der Waals surface area (Å²) in [6.07, 6.45) is -0.0208. The summed E-state index contributed by atoms with van der Waals surface area (Å²) >= 11 is 0. The summed E-state index contributed by atoms with van der Waals surface area (Å²) < 4.78 is 11.4. The summed E-state index contributed by atoms with van der Waals surface area (Å²) in [6.45, 7) is 15.2. The molecule has 0 spiro atoms. The van der Waals surface area contributed by atoms with Gasteiger partial charge in [0, 0.05) is 51.9 Å². The fourth-order valence-corrected chi connectivity index (χ4v) is 3.29. The molecule has 0 aliphatic carbocycles. The van der Waals surface area contributed by atoms with Gasteiger partial charge in [-0.25, -0.2) is 4.79 Å². The molecule has 2 heterocycles. The molecular weight excluding hydrogens is 308 g/mol. The fraction of sp³-hybridized carbons (Fsp3) is 0.941. The molecule has 0 aromatic rings. The zero-order valence-electron chi connectivity index (χ0n) is 15.7. The van der Waals surface area contributed by atoms with Crippen molar-refractivity contribution in [3.8, 4) is 0 Å². The minimum atomic E-state index is -0.466. The van der Waals surface area contributed by atoms with Gasteiger partial charge in [0.25, 0.3) is 0 Å². The minimum Gasteiger partial charge on any atom is -0.444 e. The van der Waals surface area contributed by atoms with Crippen molar-refractivity contribution in [1.82, 2.24) is 14.7 Å². The maximum Gasteiger partial charge on any atom is 0.410 e. The number of ether oxygens (including phenoxy) is 2. The predicted molar refractivity (Wildman–Crippen MR) is 94.1 cm³/mol. The Bertz CT molecular complexity index is 413. The van der Waals surface area contributed by atoms with E-state index in [1.54, 1.807) is 4.90 Å². The first-order valence-corrected chi connectivity index (χ1v) is 9.08. The average molecular weight is 342 g/mol. The lowest BCUT2D eigenvalue weighted by Crippen LogP contribution is -2.60. The van der Waals surface area contributed by atoms with Gasteiger partial charge in [0.15, 0.2) is 0 Å². The molecule has 0 aromatic heterocycles. The predicted octanol–water partition coefficient (Wildman–Crippen LogP) is 0.587. The van der Waals surface area contributed by atoms with Crippen LogP contribution in [0.15, 0.2) is 0 Å². The van der Waals surface area contributed by atoms with Gasteiger partial charge < -0.3 is 20.1 Å². The molecule has 2 saturated heterocycles. The monoisotopic (exact) mass is 342 g/mol. The second-order valence-electron chi connectivity index (χ2n) is 7.70. The van der Waals surface area contributed by atoms with E-state index in [0.29, 0.717) is 19.6 Å². The highest BCUT2D eigenvalue weighted by Crippen LogP contribution is 2.16. The zero-order chi connectivity index (χ0) is 17.7. The number of nitrogens with zero attached hydrogens (tertiary/aromatic N) is 3. The van der Waals surface area contributed by atoms with E-state index < -0.39 is 5.60 Å². The van der Waals surface area contributed by atoms with Gasteiger partial charge in [-0.15, -0.1) is 0 Å². The molecule has 2 fully saturated rings. The normalized spacial score (nSPS) is 27.3. The summed E-state index contributed by atoms with van der Waals surface area (Å²) in [4.78, 5) is 18.8. The molecule has 2 unspecified atom stereocenters. The van der Waals surface area contributed by atoms with Gasteiger partial charge in [0.2, 0.25) is 0 Å². The van der Waals surface area contributed by atoms with Gasteiger partial charge in [0.05, 0.1) is 12.7 Å². The van der Waals surface area contributed by atoms with E-state index in [9.17, 15) is 4.79 Å². The molecule has 2 aliphatic rings. The number of amides is 1. The highest BCUT2D eigenvalue weighted by atomic mass is 16.6. The molecule has 0 radical (unpaired) electrons. The first-order valence-electron chi connectivity index (χ1n) is 9.08. The SMILES string of the molecule is CCN1CCOC(CN2CCN(C(=O)OC(C)(C)C)CC2CN)C1. The van der Waals surface area contributed by atoms with E-state index in [1.165, 1.54) is 0 Å². The van der Waals surface area contributed by atoms with Crippen molar-refractivity contribution < 1.29 is 14.3 Å². The Labute approximate surface area is 146 Å². The minimum absolute atomic E-state index is 0.159. The van der Waals surface area contributed by atoms with E-state index in [2.05, 4.69) is 16.7 Å². The number of morpholine rings is 1. The molecule has 140 valence electrons. The molecule has 0 aromatic carbocycles. The van der Waals surface area contributed by atoms with Crippen molar-refractivity contribution >= 4 is 6.09 Å². The number of likely N-dealkylation sites (N-methyl/N-ethyl adjacent to an activating group) is 1. The molecule has 0 bridgehead atoms. The van der Waals surface area contributed by atoms with E-state index in [-0.39, 0.29) is 18.2 Å². The van der Waals surface area contributed by atoms with E-state index in [0.717, 1.165) is 39.3 Å². The van der Waals surface area contributed by atoms with Crippen LogP contribution in [0.3, 0.4) is 0 Å². The van der Waals surface area contributed by atoms with Crippen molar-refractivity contribution in [3.63, 3.8) is 0 Å². The highest BCUT2D eigenvalue weighted by Gasteiger charge is 2.33. The summed E-state index contributed by atoms with van der Waals surface area (Å²) in [5, 5.41) is 0. The van der Waals surface area contributed by atoms with Crippen LogP contribution < -0.4 is 5.73 Å². The van der Waals surface area contributed by atoms with Crippen molar-refractivity contribution in [2.45, 2.75) is 45.4 Å². The van der Waals surface area contributed by atoms with Crippen LogP contribution in [0.2, 0.25) is 0 Å². The number of carbonyl (C=O) groups excluding carboxylic acids is 1.